The summed E-state index contributed by atoms with van der Waals surface area (Å²) in [5.41, 5.74) is 20.6. The van der Waals surface area contributed by atoms with Gasteiger partial charge in [0.2, 0.25) is 0 Å². The van der Waals surface area contributed by atoms with Gasteiger partial charge in [0.25, 0.3) is 0 Å². The molecule has 0 atom stereocenters. The second-order valence-electron chi connectivity index (χ2n) is 19.8. The first kappa shape index (κ1) is 46.6. The normalized spacial score (nSPS) is 11.7. The van der Waals surface area contributed by atoms with Crippen LogP contribution in [0.4, 0.5) is 0 Å². The molecule has 0 aliphatic rings. The van der Waals surface area contributed by atoms with E-state index >= 15 is 0 Å². The van der Waals surface area contributed by atoms with Gasteiger partial charge in [0.15, 0.2) is 0 Å². The summed E-state index contributed by atoms with van der Waals surface area (Å²) in [4.78, 5) is 18.0. The van der Waals surface area contributed by atoms with Crippen LogP contribution in [0.2, 0.25) is 0 Å². The Morgan fingerprint density at radius 3 is 1.22 bits per heavy atom. The molecule has 0 N–H and O–H groups in total. The fourth-order valence-corrected chi connectivity index (χ4v) is 13.1. The molecule has 0 spiro atoms. The van der Waals surface area contributed by atoms with Crippen LogP contribution in [0.1, 0.15) is 11.1 Å². The van der Waals surface area contributed by atoms with Crippen molar-refractivity contribution in [3.8, 4) is 89.0 Å². The molecule has 5 heterocycles. The number of nitrogens with zero attached hydrogens (tertiary/aromatic N) is 4. The molecule has 5 aromatic heterocycles. The van der Waals surface area contributed by atoms with Crippen molar-refractivity contribution in [3.05, 3.63) is 274 Å². The van der Waals surface area contributed by atoms with Crippen LogP contribution in [0.15, 0.2) is 262 Å². The fraction of sp³-hybridized carbons (Fsp3) is 0.0137. The third kappa shape index (κ3) is 8.08. The Hall–Kier alpha value is -9.94. The predicted molar refractivity (Wildman–Crippen MR) is 330 cm³/mol. The molecular formula is C73H48N4S. The van der Waals surface area contributed by atoms with Crippen LogP contribution >= 0.6 is 11.3 Å². The molecule has 0 saturated heterocycles. The molecule has 0 fully saturated rings. The third-order valence-electron chi connectivity index (χ3n) is 15.3. The van der Waals surface area contributed by atoms with Crippen molar-refractivity contribution in [2.24, 2.45) is 0 Å². The molecule has 5 heteroatoms. The Bertz CT molecular complexity index is 4510. The lowest BCUT2D eigenvalue weighted by atomic mass is 9.82. The Morgan fingerprint density at radius 2 is 0.769 bits per heavy atom. The van der Waals surface area contributed by atoms with E-state index in [9.17, 15) is 0 Å². The van der Waals surface area contributed by atoms with Crippen molar-refractivity contribution in [2.75, 3.05) is 0 Å². The average molecular weight is 1010 g/mol. The summed E-state index contributed by atoms with van der Waals surface area (Å²) in [6.07, 6.45) is 21.3. The zero-order valence-corrected chi connectivity index (χ0v) is 43.5. The van der Waals surface area contributed by atoms with Gasteiger partial charge in [-0.05, 0) is 190 Å². The zero-order chi connectivity index (χ0) is 52.1. The fourth-order valence-electron chi connectivity index (χ4n) is 11.9. The van der Waals surface area contributed by atoms with Gasteiger partial charge in [0.1, 0.15) is 0 Å². The number of benzene rings is 9. The van der Waals surface area contributed by atoms with Crippen molar-refractivity contribution >= 4 is 69.9 Å². The zero-order valence-electron chi connectivity index (χ0n) is 42.7. The van der Waals surface area contributed by atoms with Crippen LogP contribution < -0.4 is 0 Å². The van der Waals surface area contributed by atoms with Gasteiger partial charge in [-0.15, -0.1) is 11.3 Å². The minimum Gasteiger partial charge on any atom is -0.264 e. The average Bonchev–Trinajstić information content (AvgIpc) is 4.01. The van der Waals surface area contributed by atoms with Gasteiger partial charge >= 0.3 is 0 Å². The highest BCUT2D eigenvalue weighted by molar-refractivity contribution is 7.26. The summed E-state index contributed by atoms with van der Waals surface area (Å²) in [6.45, 7) is 6.42. The maximum Gasteiger partial charge on any atom is 0.0361 e. The first-order chi connectivity index (χ1) is 38.6. The second-order valence-corrected chi connectivity index (χ2v) is 20.9. The van der Waals surface area contributed by atoms with Crippen molar-refractivity contribution in [1.29, 1.82) is 0 Å². The predicted octanol–water partition coefficient (Wildman–Crippen LogP) is 19.9. The van der Waals surface area contributed by atoms with Crippen LogP contribution in [0.5, 0.6) is 0 Å². The van der Waals surface area contributed by atoms with E-state index in [0.29, 0.717) is 0 Å². The van der Waals surface area contributed by atoms with Crippen LogP contribution in [-0.2, 0) is 0 Å². The number of thiophene rings is 1. The maximum atomic E-state index is 4.51. The van der Waals surface area contributed by atoms with Gasteiger partial charge in [-0.2, -0.15) is 0 Å². The highest BCUT2D eigenvalue weighted by Crippen LogP contribution is 2.50. The number of hydrogen-bond donors (Lipinski definition) is 0. The molecule has 9 aromatic carbocycles. The van der Waals surface area contributed by atoms with Gasteiger partial charge in [-0.25, -0.2) is 0 Å². The van der Waals surface area contributed by atoms with Gasteiger partial charge in [0.05, 0.1) is 0 Å². The highest BCUT2D eigenvalue weighted by atomic mass is 32.1. The minimum absolute atomic E-state index is 1.06. The number of rotatable bonds is 10. The molecule has 0 bridgehead atoms. The van der Waals surface area contributed by atoms with Crippen molar-refractivity contribution < 1.29 is 0 Å². The molecule has 14 aromatic rings. The summed E-state index contributed by atoms with van der Waals surface area (Å²) in [7, 11) is 0. The molecule has 0 aliphatic heterocycles. The molecule has 0 radical (unpaired) electrons. The molecule has 366 valence electrons. The van der Waals surface area contributed by atoms with Crippen LogP contribution in [0.3, 0.4) is 0 Å². The van der Waals surface area contributed by atoms with Crippen molar-refractivity contribution in [3.63, 3.8) is 0 Å². The van der Waals surface area contributed by atoms with Crippen LogP contribution in [0.25, 0.3) is 148 Å². The number of aromatic nitrogens is 4. The molecule has 78 heavy (non-hydrogen) atoms. The van der Waals surface area contributed by atoms with Gasteiger partial charge in [-0.1, -0.05) is 146 Å². The smallest absolute Gasteiger partial charge is 0.0361 e. The van der Waals surface area contributed by atoms with E-state index in [0.717, 1.165) is 55.6 Å². The Balaban J connectivity index is 0.963. The summed E-state index contributed by atoms with van der Waals surface area (Å²) in [5.74, 6) is 0. The van der Waals surface area contributed by atoms with E-state index in [1.807, 2.05) is 91.3 Å². The minimum atomic E-state index is 1.06. The number of allylic oxidation sites excluding steroid dienone is 2. The second kappa shape index (κ2) is 19.6. The Labute approximate surface area is 456 Å². The summed E-state index contributed by atoms with van der Waals surface area (Å²) >= 11 is 1.87. The van der Waals surface area contributed by atoms with E-state index in [2.05, 4.69) is 215 Å². The number of hydrogen-bond acceptors (Lipinski definition) is 5. The number of fused-ring (bicyclic) bond motifs is 6. The Kier molecular flexibility index (Phi) is 11.7. The van der Waals surface area contributed by atoms with Gasteiger partial charge in [0, 0.05) is 92.0 Å². The summed E-state index contributed by atoms with van der Waals surface area (Å²) in [6, 6.07) is 71.1. The molecule has 0 amide bonds. The standard InChI is InChI=1S/C73H48N4S/c1-3-4-20-58-46(2)69(56-37-52(48-16-12-31-74-42-48)35-53(38-56)49-17-13-32-75-43-49)59-21-5-10-26-64(59)72(58)66-27-11-28-67-73(66)65-30-29-47(41-68(65)78-67)70-60-22-6-8-24-62(60)71(63-25-9-7-23-61(63)70)57-39-54(50-18-14-33-76-44-50)36-55(40-57)51-19-15-34-77-45-51/h3-45H,1H2,2H3/b20-4-. The van der Waals surface area contributed by atoms with Crippen molar-refractivity contribution in [1.82, 2.24) is 19.9 Å². The third-order valence-corrected chi connectivity index (χ3v) is 16.4. The van der Waals surface area contributed by atoms with E-state index in [-0.39, 0.29) is 0 Å². The summed E-state index contributed by atoms with van der Waals surface area (Å²) < 4.78 is 2.49. The maximum absolute atomic E-state index is 4.51. The molecule has 0 saturated carbocycles. The quantitative estimate of drug-likeness (QED) is 0.101. The van der Waals surface area contributed by atoms with Gasteiger partial charge < -0.3 is 0 Å². The van der Waals surface area contributed by atoms with Crippen molar-refractivity contribution in [2.45, 2.75) is 6.92 Å². The lowest BCUT2D eigenvalue weighted by molar-refractivity contribution is 1.32. The molecule has 4 nitrogen and oxygen atoms in total. The molecule has 14 rings (SSSR count). The molecular weight excluding hydrogens is 965 g/mol. The van der Waals surface area contributed by atoms with E-state index in [4.69, 9.17) is 0 Å². The largest absolute Gasteiger partial charge is 0.264 e. The highest BCUT2D eigenvalue weighted by Gasteiger charge is 2.24. The van der Waals surface area contributed by atoms with E-state index in [1.54, 1.807) is 0 Å². The Morgan fingerprint density at radius 1 is 0.346 bits per heavy atom. The SMILES string of the molecule is C=C/C=C\c1c(C)c(-c2cc(-c3cccnc3)cc(-c3cccnc3)c2)c2ccccc2c1-c1cccc2sc3cc(-c4c5ccccc5c(-c5cc(-c6cccnc6)cc(-c6cccnc6)c5)c5ccccc45)ccc3c12. The number of pyridine rings is 4. The molecule has 0 aliphatic carbocycles. The lowest BCUT2D eigenvalue weighted by Gasteiger charge is -2.21. The van der Waals surface area contributed by atoms with E-state index in [1.165, 1.54) is 97.0 Å². The van der Waals surface area contributed by atoms with Crippen LogP contribution in [0, 0.1) is 6.92 Å². The molecule has 0 unspecified atom stereocenters. The van der Waals surface area contributed by atoms with Crippen LogP contribution in [-0.4, -0.2) is 19.9 Å². The summed E-state index contributed by atoms with van der Waals surface area (Å²) in [5, 5.41) is 9.71. The topological polar surface area (TPSA) is 51.6 Å². The monoisotopic (exact) mass is 1010 g/mol. The first-order valence-corrected chi connectivity index (χ1v) is 27.1. The van der Waals surface area contributed by atoms with Gasteiger partial charge in [-0.3, -0.25) is 19.9 Å². The van der Waals surface area contributed by atoms with E-state index < -0.39 is 0 Å². The lowest BCUT2D eigenvalue weighted by Crippen LogP contribution is -1.97. The first-order valence-electron chi connectivity index (χ1n) is 26.2.